The minimum atomic E-state index is -0.136. The fourth-order valence-electron chi connectivity index (χ4n) is 3.74. The second-order valence-electron chi connectivity index (χ2n) is 6.58. The Bertz CT molecular complexity index is 295. The number of likely N-dealkylation sites (tertiary alicyclic amines) is 1. The van der Waals surface area contributed by atoms with Gasteiger partial charge in [0.05, 0.1) is 0 Å². The first-order valence-electron chi connectivity index (χ1n) is 7.70. The highest BCUT2D eigenvalue weighted by atomic mass is 79.9. The van der Waals surface area contributed by atoms with E-state index < -0.39 is 0 Å². The molecule has 1 aliphatic carbocycles. The standard InChI is InChI=1S/C15H27BrN2O/c16-11-15(6-2-1-3-7-15)12-18-8-4-13(5-9-18)10-14(17)19/h13H,1-12H2,(H2,17,19). The maximum Gasteiger partial charge on any atom is 0.217 e. The summed E-state index contributed by atoms with van der Waals surface area (Å²) in [6.45, 7) is 3.53. The number of alkyl halides is 1. The monoisotopic (exact) mass is 330 g/mol. The number of amides is 1. The van der Waals surface area contributed by atoms with Crippen LogP contribution in [0.5, 0.6) is 0 Å². The molecule has 0 aromatic heterocycles. The molecule has 1 saturated carbocycles. The summed E-state index contributed by atoms with van der Waals surface area (Å²) in [5.74, 6) is 0.391. The van der Waals surface area contributed by atoms with Gasteiger partial charge in [-0.05, 0) is 50.1 Å². The second-order valence-corrected chi connectivity index (χ2v) is 7.14. The summed E-state index contributed by atoms with van der Waals surface area (Å²) < 4.78 is 0. The third-order valence-corrected chi connectivity index (χ3v) is 6.14. The van der Waals surface area contributed by atoms with E-state index in [-0.39, 0.29) is 5.91 Å². The molecular weight excluding hydrogens is 304 g/mol. The zero-order chi connectivity index (χ0) is 13.7. The first-order chi connectivity index (χ1) is 9.13. The summed E-state index contributed by atoms with van der Waals surface area (Å²) in [6.07, 6.45) is 9.81. The van der Waals surface area contributed by atoms with Gasteiger partial charge in [-0.1, -0.05) is 35.2 Å². The molecule has 2 aliphatic rings. The van der Waals surface area contributed by atoms with Gasteiger partial charge in [0, 0.05) is 18.3 Å². The van der Waals surface area contributed by atoms with E-state index in [1.54, 1.807) is 0 Å². The van der Waals surface area contributed by atoms with Crippen molar-refractivity contribution < 1.29 is 4.79 Å². The van der Waals surface area contributed by atoms with Gasteiger partial charge in [-0.25, -0.2) is 0 Å². The van der Waals surface area contributed by atoms with Gasteiger partial charge >= 0.3 is 0 Å². The van der Waals surface area contributed by atoms with Crippen molar-refractivity contribution in [3.8, 4) is 0 Å². The lowest BCUT2D eigenvalue weighted by Crippen LogP contribution is -2.44. The van der Waals surface area contributed by atoms with E-state index in [1.165, 1.54) is 38.6 Å². The van der Waals surface area contributed by atoms with E-state index in [0.717, 1.165) is 31.3 Å². The minimum absolute atomic E-state index is 0.136. The number of hydrogen-bond acceptors (Lipinski definition) is 2. The molecule has 1 heterocycles. The summed E-state index contributed by atoms with van der Waals surface area (Å²) in [7, 11) is 0. The molecule has 3 nitrogen and oxygen atoms in total. The number of nitrogens with zero attached hydrogens (tertiary/aromatic N) is 1. The summed E-state index contributed by atoms with van der Waals surface area (Å²) in [6, 6.07) is 0. The quantitative estimate of drug-likeness (QED) is 0.788. The molecular formula is C15H27BrN2O. The number of hydrogen-bond donors (Lipinski definition) is 1. The van der Waals surface area contributed by atoms with Gasteiger partial charge < -0.3 is 10.6 Å². The van der Waals surface area contributed by atoms with Crippen LogP contribution >= 0.6 is 15.9 Å². The predicted octanol–water partition coefficient (Wildman–Crippen LogP) is 2.92. The van der Waals surface area contributed by atoms with Crippen molar-refractivity contribution in [3.63, 3.8) is 0 Å². The SMILES string of the molecule is NC(=O)CC1CCN(CC2(CBr)CCCCC2)CC1. The number of primary amides is 1. The molecule has 2 rings (SSSR count). The fraction of sp³-hybridized carbons (Fsp3) is 0.933. The van der Waals surface area contributed by atoms with Crippen LogP contribution in [0.1, 0.15) is 51.4 Å². The van der Waals surface area contributed by atoms with E-state index >= 15 is 0 Å². The summed E-state index contributed by atoms with van der Waals surface area (Å²) in [4.78, 5) is 13.6. The predicted molar refractivity (Wildman–Crippen MR) is 82.3 cm³/mol. The van der Waals surface area contributed by atoms with Crippen LogP contribution in [0.25, 0.3) is 0 Å². The molecule has 0 aromatic carbocycles. The highest BCUT2D eigenvalue weighted by Crippen LogP contribution is 2.39. The van der Waals surface area contributed by atoms with Crippen LogP contribution < -0.4 is 5.73 Å². The van der Waals surface area contributed by atoms with E-state index in [1.807, 2.05) is 0 Å². The van der Waals surface area contributed by atoms with E-state index in [0.29, 0.717) is 17.8 Å². The van der Waals surface area contributed by atoms with E-state index in [9.17, 15) is 4.79 Å². The zero-order valence-corrected chi connectivity index (χ0v) is 13.5. The summed E-state index contributed by atoms with van der Waals surface area (Å²) in [5.41, 5.74) is 5.80. The van der Waals surface area contributed by atoms with Crippen molar-refractivity contribution >= 4 is 21.8 Å². The van der Waals surface area contributed by atoms with E-state index in [4.69, 9.17) is 5.73 Å². The Labute approximate surface area is 125 Å². The molecule has 110 valence electrons. The average molecular weight is 331 g/mol. The number of carbonyl (C=O) groups is 1. The first kappa shape index (κ1) is 15.3. The second kappa shape index (κ2) is 7.07. The average Bonchev–Trinajstić information content (AvgIpc) is 2.41. The molecule has 1 amide bonds. The van der Waals surface area contributed by atoms with Gasteiger partial charge in [-0.2, -0.15) is 0 Å². The third kappa shape index (κ3) is 4.45. The van der Waals surface area contributed by atoms with Crippen molar-refractivity contribution in [1.29, 1.82) is 0 Å². The third-order valence-electron chi connectivity index (χ3n) is 4.95. The van der Waals surface area contributed by atoms with Crippen molar-refractivity contribution in [3.05, 3.63) is 0 Å². The normalized spacial score (nSPS) is 25.3. The smallest absolute Gasteiger partial charge is 0.217 e. The van der Waals surface area contributed by atoms with Crippen molar-refractivity contribution in [2.45, 2.75) is 51.4 Å². The van der Waals surface area contributed by atoms with Gasteiger partial charge in [0.1, 0.15) is 0 Å². The van der Waals surface area contributed by atoms with Gasteiger partial charge in [0.25, 0.3) is 0 Å². The Morgan fingerprint density at radius 1 is 1.21 bits per heavy atom. The van der Waals surface area contributed by atoms with Crippen LogP contribution in [0, 0.1) is 11.3 Å². The zero-order valence-electron chi connectivity index (χ0n) is 11.9. The van der Waals surface area contributed by atoms with E-state index in [2.05, 4.69) is 20.8 Å². The van der Waals surface area contributed by atoms with Crippen LogP contribution in [-0.2, 0) is 4.79 Å². The number of rotatable bonds is 5. The van der Waals surface area contributed by atoms with Gasteiger partial charge in [0.15, 0.2) is 0 Å². The lowest BCUT2D eigenvalue weighted by atomic mass is 9.75. The van der Waals surface area contributed by atoms with Crippen LogP contribution in [-0.4, -0.2) is 35.8 Å². The Morgan fingerprint density at radius 2 is 1.84 bits per heavy atom. The summed E-state index contributed by atoms with van der Waals surface area (Å²) in [5, 5.41) is 1.14. The molecule has 1 saturated heterocycles. The molecule has 1 aliphatic heterocycles. The lowest BCUT2D eigenvalue weighted by molar-refractivity contribution is -0.119. The van der Waals surface area contributed by atoms with Gasteiger partial charge in [-0.3, -0.25) is 4.79 Å². The largest absolute Gasteiger partial charge is 0.370 e. The molecule has 19 heavy (non-hydrogen) atoms. The highest BCUT2D eigenvalue weighted by molar-refractivity contribution is 9.09. The summed E-state index contributed by atoms with van der Waals surface area (Å²) >= 11 is 3.75. The fourth-order valence-corrected chi connectivity index (χ4v) is 4.48. The Kier molecular flexibility index (Phi) is 5.70. The first-order valence-corrected chi connectivity index (χ1v) is 8.82. The van der Waals surface area contributed by atoms with Crippen molar-refractivity contribution in [2.75, 3.05) is 25.0 Å². The highest BCUT2D eigenvalue weighted by Gasteiger charge is 2.34. The lowest BCUT2D eigenvalue weighted by Gasteiger charge is -2.42. The van der Waals surface area contributed by atoms with Crippen LogP contribution in [0.15, 0.2) is 0 Å². The molecule has 0 bridgehead atoms. The van der Waals surface area contributed by atoms with Gasteiger partial charge in [-0.15, -0.1) is 0 Å². The van der Waals surface area contributed by atoms with Crippen molar-refractivity contribution in [2.24, 2.45) is 17.1 Å². The minimum Gasteiger partial charge on any atom is -0.370 e. The van der Waals surface area contributed by atoms with Crippen LogP contribution in [0.4, 0.5) is 0 Å². The number of piperidine rings is 1. The maximum absolute atomic E-state index is 11.0. The van der Waals surface area contributed by atoms with Gasteiger partial charge in [0.2, 0.25) is 5.91 Å². The van der Waals surface area contributed by atoms with Crippen LogP contribution in [0.3, 0.4) is 0 Å². The molecule has 4 heteroatoms. The number of halogens is 1. The Balaban J connectivity index is 1.79. The number of nitrogens with two attached hydrogens (primary N) is 1. The van der Waals surface area contributed by atoms with Crippen molar-refractivity contribution in [1.82, 2.24) is 4.90 Å². The molecule has 2 fully saturated rings. The molecule has 0 spiro atoms. The molecule has 0 aromatic rings. The Morgan fingerprint density at radius 3 is 2.37 bits per heavy atom. The molecule has 0 atom stereocenters. The molecule has 0 unspecified atom stereocenters. The maximum atomic E-state index is 11.0. The van der Waals surface area contributed by atoms with Crippen LogP contribution in [0.2, 0.25) is 0 Å². The topological polar surface area (TPSA) is 46.3 Å². The molecule has 2 N–H and O–H groups in total. The number of carbonyl (C=O) groups excluding carboxylic acids is 1. The Hall–Kier alpha value is -0.0900. The molecule has 0 radical (unpaired) electrons.